The fourth-order valence-corrected chi connectivity index (χ4v) is 3.45. The Morgan fingerprint density at radius 3 is 1.85 bits per heavy atom. The lowest BCUT2D eigenvalue weighted by atomic mass is 10.1. The fraction of sp³-hybridized carbons (Fsp3) is 0.259. The van der Waals surface area contributed by atoms with Crippen molar-refractivity contribution >= 4 is 11.6 Å². The van der Waals surface area contributed by atoms with Crippen LogP contribution < -0.4 is 0 Å². The highest BCUT2D eigenvalue weighted by Crippen LogP contribution is 2.20. The number of hydrogen-bond donors (Lipinski definition) is 3. The second-order valence-electron chi connectivity index (χ2n) is 7.74. The van der Waals surface area contributed by atoms with Gasteiger partial charge in [0.2, 0.25) is 0 Å². The van der Waals surface area contributed by atoms with Crippen LogP contribution in [-0.2, 0) is 34.0 Å². The number of ether oxygens (including phenoxy) is 3. The van der Waals surface area contributed by atoms with Crippen LogP contribution in [0.2, 0.25) is 5.02 Å². The van der Waals surface area contributed by atoms with E-state index in [9.17, 15) is 15.3 Å². The quantitative estimate of drug-likeness (QED) is 0.284. The molecule has 0 fully saturated rings. The lowest BCUT2D eigenvalue weighted by Crippen LogP contribution is -2.44. The van der Waals surface area contributed by atoms with E-state index in [0.717, 1.165) is 16.7 Å². The maximum absolute atomic E-state index is 11.0. The molecule has 0 aliphatic rings. The van der Waals surface area contributed by atoms with E-state index in [1.165, 1.54) is 0 Å². The molecule has 0 unspecified atom stereocenters. The summed E-state index contributed by atoms with van der Waals surface area (Å²) in [5, 5.41) is 31.5. The van der Waals surface area contributed by atoms with Crippen LogP contribution in [-0.4, -0.2) is 40.2 Å². The van der Waals surface area contributed by atoms with E-state index < -0.39 is 24.1 Å². The van der Waals surface area contributed by atoms with Gasteiger partial charge in [0, 0.05) is 5.02 Å². The molecule has 3 atom stereocenters. The smallest absolute Gasteiger partial charge is 0.158 e. The van der Waals surface area contributed by atoms with Gasteiger partial charge in [-0.15, -0.1) is 0 Å². The van der Waals surface area contributed by atoms with E-state index in [1.54, 1.807) is 12.1 Å². The summed E-state index contributed by atoms with van der Waals surface area (Å²) in [6.45, 7) is 0.500. The zero-order valence-corrected chi connectivity index (χ0v) is 19.4. The Morgan fingerprint density at radius 2 is 1.29 bits per heavy atom. The highest BCUT2D eigenvalue weighted by Gasteiger charge is 2.34. The van der Waals surface area contributed by atoms with Gasteiger partial charge in [0.1, 0.15) is 24.6 Å². The van der Waals surface area contributed by atoms with Gasteiger partial charge in [0.25, 0.3) is 0 Å². The van der Waals surface area contributed by atoms with E-state index in [4.69, 9.17) is 25.8 Å². The summed E-state index contributed by atoms with van der Waals surface area (Å²) < 4.78 is 17.6. The molecule has 0 heterocycles. The van der Waals surface area contributed by atoms with Gasteiger partial charge in [0.05, 0.1) is 26.4 Å². The molecule has 3 aromatic carbocycles. The van der Waals surface area contributed by atoms with Gasteiger partial charge in [-0.25, -0.2) is 0 Å². The van der Waals surface area contributed by atoms with Crippen molar-refractivity contribution in [2.75, 3.05) is 6.61 Å². The van der Waals surface area contributed by atoms with Gasteiger partial charge in [-0.2, -0.15) is 0 Å². The van der Waals surface area contributed by atoms with Crippen LogP contribution in [0.4, 0.5) is 0 Å². The second kappa shape index (κ2) is 13.7. The minimum atomic E-state index is -1.15. The van der Waals surface area contributed by atoms with Crippen molar-refractivity contribution in [1.29, 1.82) is 0 Å². The lowest BCUT2D eigenvalue weighted by Gasteiger charge is -2.30. The summed E-state index contributed by atoms with van der Waals surface area (Å²) in [6.07, 6.45) is -2.74. The van der Waals surface area contributed by atoms with Crippen molar-refractivity contribution in [3.63, 3.8) is 0 Å². The normalized spacial score (nSPS) is 14.5. The summed E-state index contributed by atoms with van der Waals surface area (Å²) in [5.74, 6) is -0.453. The summed E-state index contributed by atoms with van der Waals surface area (Å²) in [6, 6.07) is 26.0. The van der Waals surface area contributed by atoms with Crippen molar-refractivity contribution in [3.05, 3.63) is 119 Å². The van der Waals surface area contributed by atoms with Gasteiger partial charge >= 0.3 is 0 Å². The standard InChI is InChI=1S/C27H29ClO6/c28-23-13-11-22(12-14-23)16-32-19-25(31)27(34-18-21-9-5-2-6-10-21)26(24(30)15-29)33-17-20-7-3-1-4-8-20/h1-15,25-27,29-31H,16-19H2/b24-15-/t25-,26-,27-/m1/s1. The van der Waals surface area contributed by atoms with E-state index in [1.807, 2.05) is 72.8 Å². The van der Waals surface area contributed by atoms with Crippen LogP contribution in [0.1, 0.15) is 16.7 Å². The first-order valence-electron chi connectivity index (χ1n) is 10.9. The molecular formula is C27H29ClO6. The number of halogens is 1. The first kappa shape index (κ1) is 25.7. The molecule has 34 heavy (non-hydrogen) atoms. The average molecular weight is 485 g/mol. The van der Waals surface area contributed by atoms with Gasteiger partial charge < -0.3 is 29.5 Å². The Bertz CT molecular complexity index is 995. The van der Waals surface area contributed by atoms with Crippen LogP contribution in [0.5, 0.6) is 0 Å². The molecule has 3 aromatic rings. The Kier molecular flexibility index (Phi) is 10.4. The maximum atomic E-state index is 11.0. The molecule has 0 bridgehead atoms. The third-order valence-corrected chi connectivity index (χ3v) is 5.38. The molecule has 0 saturated heterocycles. The Balaban J connectivity index is 1.70. The molecule has 0 spiro atoms. The Morgan fingerprint density at radius 1 is 0.765 bits per heavy atom. The molecule has 0 aromatic heterocycles. The molecule has 180 valence electrons. The molecule has 0 aliphatic heterocycles. The second-order valence-corrected chi connectivity index (χ2v) is 8.18. The molecule has 3 rings (SSSR count). The van der Waals surface area contributed by atoms with Crippen molar-refractivity contribution < 1.29 is 29.5 Å². The van der Waals surface area contributed by atoms with Crippen LogP contribution in [0.15, 0.2) is 97.0 Å². The molecule has 3 N–H and O–H groups in total. The van der Waals surface area contributed by atoms with E-state index in [-0.39, 0.29) is 26.4 Å². The lowest BCUT2D eigenvalue weighted by molar-refractivity contribution is -0.145. The number of aliphatic hydroxyl groups is 3. The Hall–Kier alpha value is -2.87. The zero-order valence-electron chi connectivity index (χ0n) is 18.7. The predicted octanol–water partition coefficient (Wildman–Crippen LogP) is 5.35. The fourth-order valence-electron chi connectivity index (χ4n) is 3.32. The van der Waals surface area contributed by atoms with Gasteiger partial charge in [-0.3, -0.25) is 0 Å². The minimum Gasteiger partial charge on any atom is -0.512 e. The Labute approximate surface area is 204 Å². The molecule has 7 heteroatoms. The van der Waals surface area contributed by atoms with Crippen molar-refractivity contribution in [1.82, 2.24) is 0 Å². The number of aliphatic hydroxyl groups excluding tert-OH is 3. The van der Waals surface area contributed by atoms with E-state index in [2.05, 4.69) is 0 Å². The highest BCUT2D eigenvalue weighted by molar-refractivity contribution is 6.30. The van der Waals surface area contributed by atoms with Crippen LogP contribution in [0, 0.1) is 0 Å². The molecule has 0 aliphatic carbocycles. The summed E-state index contributed by atoms with van der Waals surface area (Å²) in [5.41, 5.74) is 2.65. The number of benzene rings is 3. The van der Waals surface area contributed by atoms with Gasteiger partial charge in [-0.1, -0.05) is 84.4 Å². The topological polar surface area (TPSA) is 88.4 Å². The maximum Gasteiger partial charge on any atom is 0.158 e. The van der Waals surface area contributed by atoms with Gasteiger partial charge in [0.15, 0.2) is 5.76 Å². The van der Waals surface area contributed by atoms with Gasteiger partial charge in [-0.05, 0) is 28.8 Å². The summed E-state index contributed by atoms with van der Waals surface area (Å²) >= 11 is 5.91. The van der Waals surface area contributed by atoms with Crippen molar-refractivity contribution in [2.24, 2.45) is 0 Å². The predicted molar refractivity (Wildman–Crippen MR) is 130 cm³/mol. The first-order valence-corrected chi connectivity index (χ1v) is 11.3. The largest absolute Gasteiger partial charge is 0.512 e. The van der Waals surface area contributed by atoms with E-state index >= 15 is 0 Å². The molecule has 6 nitrogen and oxygen atoms in total. The minimum absolute atomic E-state index is 0.0774. The molecule has 0 amide bonds. The summed E-state index contributed by atoms with van der Waals surface area (Å²) in [7, 11) is 0. The van der Waals surface area contributed by atoms with E-state index in [0.29, 0.717) is 11.3 Å². The van der Waals surface area contributed by atoms with Crippen molar-refractivity contribution in [3.8, 4) is 0 Å². The first-order chi connectivity index (χ1) is 16.6. The summed E-state index contributed by atoms with van der Waals surface area (Å²) in [4.78, 5) is 0. The van der Waals surface area contributed by atoms with Crippen LogP contribution in [0.25, 0.3) is 0 Å². The average Bonchev–Trinajstić information content (AvgIpc) is 2.88. The third-order valence-electron chi connectivity index (χ3n) is 5.13. The molecule has 0 saturated carbocycles. The van der Waals surface area contributed by atoms with Crippen LogP contribution in [0.3, 0.4) is 0 Å². The SMILES string of the molecule is O/C=C(\O)[C@@H](OCc1ccccc1)[C@H](OCc1ccccc1)[C@H](O)COCc1ccc(Cl)cc1. The number of hydrogen-bond acceptors (Lipinski definition) is 6. The molecular weight excluding hydrogens is 456 g/mol. The van der Waals surface area contributed by atoms with Crippen molar-refractivity contribution in [2.45, 2.75) is 38.1 Å². The number of rotatable bonds is 13. The molecule has 0 radical (unpaired) electrons. The monoisotopic (exact) mass is 484 g/mol. The van der Waals surface area contributed by atoms with Crippen LogP contribution >= 0.6 is 11.6 Å². The zero-order chi connectivity index (χ0) is 24.2. The highest BCUT2D eigenvalue weighted by atomic mass is 35.5. The third kappa shape index (κ3) is 8.17.